The molecule has 0 saturated carbocycles. The van der Waals surface area contributed by atoms with Crippen molar-refractivity contribution in [1.29, 1.82) is 0 Å². The summed E-state index contributed by atoms with van der Waals surface area (Å²) in [6.07, 6.45) is 4.10. The van der Waals surface area contributed by atoms with Crippen molar-refractivity contribution in [3.8, 4) is 0 Å². The average molecular weight is 249 g/mol. The second kappa shape index (κ2) is 5.47. The maximum absolute atomic E-state index is 4.36. The molecule has 0 aliphatic carbocycles. The van der Waals surface area contributed by atoms with E-state index in [1.807, 2.05) is 22.2 Å². The molecular weight excluding hydrogens is 230 g/mol. The Bertz CT molecular complexity index is 472. The lowest BCUT2D eigenvalue weighted by Crippen LogP contribution is -2.21. The number of nitrogens with zero attached hydrogens (tertiary/aromatic N) is 2. The van der Waals surface area contributed by atoms with E-state index in [1.165, 1.54) is 16.0 Å². The van der Waals surface area contributed by atoms with Crippen molar-refractivity contribution in [3.63, 3.8) is 0 Å². The quantitative estimate of drug-likeness (QED) is 0.883. The van der Waals surface area contributed by atoms with Crippen molar-refractivity contribution in [3.05, 3.63) is 39.8 Å². The van der Waals surface area contributed by atoms with Gasteiger partial charge in [0.05, 0.1) is 12.2 Å². The summed E-state index contributed by atoms with van der Waals surface area (Å²) in [7, 11) is 0. The standard InChI is InChI=1S/C13H19N3S/c1-4-14-12(13-10(3)6-7-17-13)11-8-15-16(5-2)9-11/h6-9,12,14H,4-5H2,1-3H3. The summed E-state index contributed by atoms with van der Waals surface area (Å²) >= 11 is 1.81. The largest absolute Gasteiger partial charge is 0.306 e. The predicted octanol–water partition coefficient (Wildman–Crippen LogP) is 2.97. The number of hydrogen-bond donors (Lipinski definition) is 1. The highest BCUT2D eigenvalue weighted by Gasteiger charge is 2.17. The maximum Gasteiger partial charge on any atom is 0.0704 e. The van der Waals surface area contributed by atoms with Crippen LogP contribution in [0.4, 0.5) is 0 Å². The van der Waals surface area contributed by atoms with Crippen LogP contribution < -0.4 is 5.32 Å². The van der Waals surface area contributed by atoms with Crippen LogP contribution in [0.25, 0.3) is 0 Å². The van der Waals surface area contributed by atoms with Crippen LogP contribution in [0.2, 0.25) is 0 Å². The number of rotatable bonds is 5. The van der Waals surface area contributed by atoms with Gasteiger partial charge in [0.15, 0.2) is 0 Å². The minimum Gasteiger partial charge on any atom is -0.306 e. The van der Waals surface area contributed by atoms with Crippen molar-refractivity contribution < 1.29 is 0 Å². The number of aryl methyl sites for hydroxylation is 2. The van der Waals surface area contributed by atoms with E-state index in [4.69, 9.17) is 0 Å². The molecule has 2 heterocycles. The molecule has 0 aliphatic rings. The molecule has 1 N–H and O–H groups in total. The van der Waals surface area contributed by atoms with Crippen molar-refractivity contribution in [2.45, 2.75) is 33.4 Å². The smallest absolute Gasteiger partial charge is 0.0704 e. The molecule has 1 atom stereocenters. The van der Waals surface area contributed by atoms with Crippen LogP contribution in [0, 0.1) is 6.92 Å². The molecule has 2 aromatic heterocycles. The van der Waals surface area contributed by atoms with Gasteiger partial charge in [0.1, 0.15) is 0 Å². The SMILES string of the molecule is CCNC(c1cnn(CC)c1)c1sccc1C. The molecule has 0 spiro atoms. The third kappa shape index (κ3) is 2.58. The summed E-state index contributed by atoms with van der Waals surface area (Å²) in [5, 5.41) is 10.0. The van der Waals surface area contributed by atoms with E-state index in [-0.39, 0.29) is 6.04 Å². The second-order valence-electron chi connectivity index (χ2n) is 4.09. The molecule has 0 aliphatic heterocycles. The van der Waals surface area contributed by atoms with Crippen LogP contribution in [0.1, 0.15) is 35.9 Å². The van der Waals surface area contributed by atoms with Crippen LogP contribution in [0.15, 0.2) is 23.8 Å². The first-order chi connectivity index (χ1) is 8.26. The zero-order valence-corrected chi connectivity index (χ0v) is 11.4. The molecule has 0 aromatic carbocycles. The van der Waals surface area contributed by atoms with Gasteiger partial charge in [-0.2, -0.15) is 5.10 Å². The molecule has 17 heavy (non-hydrogen) atoms. The average Bonchev–Trinajstić information content (AvgIpc) is 2.95. The molecule has 2 rings (SSSR count). The highest BCUT2D eigenvalue weighted by molar-refractivity contribution is 7.10. The van der Waals surface area contributed by atoms with Crippen LogP contribution in [-0.2, 0) is 6.54 Å². The molecule has 1 unspecified atom stereocenters. The van der Waals surface area contributed by atoms with Crippen LogP contribution in [0.3, 0.4) is 0 Å². The highest BCUT2D eigenvalue weighted by Crippen LogP contribution is 2.29. The van der Waals surface area contributed by atoms with Gasteiger partial charge in [-0.25, -0.2) is 0 Å². The van der Waals surface area contributed by atoms with Gasteiger partial charge in [-0.1, -0.05) is 6.92 Å². The van der Waals surface area contributed by atoms with Crippen molar-refractivity contribution in [2.24, 2.45) is 0 Å². The van der Waals surface area contributed by atoms with Gasteiger partial charge in [0.2, 0.25) is 0 Å². The lowest BCUT2D eigenvalue weighted by Gasteiger charge is -2.15. The Balaban J connectivity index is 2.32. The normalized spacial score (nSPS) is 12.9. The summed E-state index contributed by atoms with van der Waals surface area (Å²) in [6, 6.07) is 2.45. The monoisotopic (exact) mass is 249 g/mol. The molecule has 0 radical (unpaired) electrons. The lowest BCUT2D eigenvalue weighted by molar-refractivity contribution is 0.630. The molecule has 0 bridgehead atoms. The first-order valence-corrected chi connectivity index (χ1v) is 6.94. The van der Waals surface area contributed by atoms with Crippen molar-refractivity contribution >= 4 is 11.3 Å². The number of hydrogen-bond acceptors (Lipinski definition) is 3. The van der Waals surface area contributed by atoms with E-state index >= 15 is 0 Å². The maximum atomic E-state index is 4.36. The van der Waals surface area contributed by atoms with Crippen molar-refractivity contribution in [1.82, 2.24) is 15.1 Å². The van der Waals surface area contributed by atoms with Gasteiger partial charge in [0.25, 0.3) is 0 Å². The fraction of sp³-hybridized carbons (Fsp3) is 0.462. The third-order valence-corrected chi connectivity index (χ3v) is 3.97. The van der Waals surface area contributed by atoms with Gasteiger partial charge < -0.3 is 5.32 Å². The number of thiophene rings is 1. The zero-order chi connectivity index (χ0) is 12.3. The second-order valence-corrected chi connectivity index (χ2v) is 5.04. The Morgan fingerprint density at radius 3 is 2.82 bits per heavy atom. The molecule has 92 valence electrons. The first-order valence-electron chi connectivity index (χ1n) is 6.06. The van der Waals surface area contributed by atoms with Crippen LogP contribution in [-0.4, -0.2) is 16.3 Å². The minimum atomic E-state index is 0.278. The van der Waals surface area contributed by atoms with Crippen molar-refractivity contribution in [2.75, 3.05) is 6.54 Å². The fourth-order valence-corrected chi connectivity index (χ4v) is 2.98. The van der Waals surface area contributed by atoms with E-state index in [1.54, 1.807) is 0 Å². The van der Waals surface area contributed by atoms with E-state index in [2.05, 4.69) is 48.8 Å². The van der Waals surface area contributed by atoms with E-state index in [0.717, 1.165) is 13.1 Å². The van der Waals surface area contributed by atoms with Gasteiger partial charge in [-0.3, -0.25) is 4.68 Å². The topological polar surface area (TPSA) is 29.9 Å². The lowest BCUT2D eigenvalue weighted by atomic mass is 10.1. The Hall–Kier alpha value is -1.13. The van der Waals surface area contributed by atoms with Gasteiger partial charge >= 0.3 is 0 Å². The van der Waals surface area contributed by atoms with Gasteiger partial charge in [-0.15, -0.1) is 11.3 Å². The predicted molar refractivity (Wildman–Crippen MR) is 72.5 cm³/mol. The fourth-order valence-electron chi connectivity index (χ4n) is 1.95. The summed E-state index contributed by atoms with van der Waals surface area (Å²) < 4.78 is 1.97. The molecule has 0 saturated heterocycles. The summed E-state index contributed by atoms with van der Waals surface area (Å²) in [6.45, 7) is 8.29. The Morgan fingerprint density at radius 1 is 1.47 bits per heavy atom. The molecule has 2 aromatic rings. The third-order valence-electron chi connectivity index (χ3n) is 2.88. The van der Waals surface area contributed by atoms with E-state index in [9.17, 15) is 0 Å². The Kier molecular flexibility index (Phi) is 3.97. The molecule has 0 amide bonds. The number of aromatic nitrogens is 2. The summed E-state index contributed by atoms with van der Waals surface area (Å²) in [5.74, 6) is 0. The van der Waals surface area contributed by atoms with Crippen LogP contribution >= 0.6 is 11.3 Å². The number of nitrogens with one attached hydrogen (secondary N) is 1. The van der Waals surface area contributed by atoms with E-state index in [0.29, 0.717) is 0 Å². The zero-order valence-electron chi connectivity index (χ0n) is 10.6. The van der Waals surface area contributed by atoms with Crippen LogP contribution in [0.5, 0.6) is 0 Å². The Labute approximate surface area is 106 Å². The summed E-state index contributed by atoms with van der Waals surface area (Å²) in [4.78, 5) is 1.39. The molecular formula is C13H19N3S. The first kappa shape index (κ1) is 12.3. The van der Waals surface area contributed by atoms with Gasteiger partial charge in [-0.05, 0) is 37.4 Å². The minimum absolute atomic E-state index is 0.278. The Morgan fingerprint density at radius 2 is 2.29 bits per heavy atom. The summed E-state index contributed by atoms with van der Waals surface area (Å²) in [5.41, 5.74) is 2.60. The highest BCUT2D eigenvalue weighted by atomic mass is 32.1. The molecule has 4 heteroatoms. The molecule has 3 nitrogen and oxygen atoms in total. The van der Waals surface area contributed by atoms with E-state index < -0.39 is 0 Å². The molecule has 0 fully saturated rings. The van der Waals surface area contributed by atoms with Gasteiger partial charge in [0, 0.05) is 23.2 Å².